The maximum absolute atomic E-state index is 6.40. The van der Waals surface area contributed by atoms with Crippen LogP contribution in [-0.4, -0.2) is 23.1 Å². The third-order valence-corrected chi connectivity index (χ3v) is 4.16. The van der Waals surface area contributed by atoms with E-state index in [1.165, 1.54) is 5.69 Å². The van der Waals surface area contributed by atoms with Gasteiger partial charge in [-0.05, 0) is 43.7 Å². The van der Waals surface area contributed by atoms with Gasteiger partial charge in [-0.1, -0.05) is 30.7 Å². The Morgan fingerprint density at radius 2 is 1.95 bits per heavy atom. The summed E-state index contributed by atoms with van der Waals surface area (Å²) in [5, 5.41) is 0.718. The second-order valence-corrected chi connectivity index (χ2v) is 5.75. The number of nitrogens with one attached hydrogen (secondary N) is 1. The lowest BCUT2D eigenvalue weighted by Gasteiger charge is -2.23. The van der Waals surface area contributed by atoms with E-state index in [-0.39, 0.29) is 0 Å². The number of halogens is 1. The second-order valence-electron chi connectivity index (χ2n) is 5.35. The average Bonchev–Trinajstić information content (AvgIpc) is 2.97. The molecule has 0 bridgehead atoms. The lowest BCUT2D eigenvalue weighted by molar-refractivity contribution is 0.792. The molecular formula is C18H20ClN3. The normalized spacial score (nSPS) is 11.0. The Kier molecular flexibility index (Phi) is 4.34. The van der Waals surface area contributed by atoms with Gasteiger partial charge in [-0.15, -0.1) is 0 Å². The summed E-state index contributed by atoms with van der Waals surface area (Å²) < 4.78 is 0. The SMILES string of the molecule is CCCN(CC)c1ccc(Cl)c(-c2nc3ccccc3[nH]2)c1. The molecule has 0 atom stereocenters. The largest absolute Gasteiger partial charge is 0.372 e. The van der Waals surface area contributed by atoms with Gasteiger partial charge in [-0.25, -0.2) is 4.98 Å². The molecule has 0 saturated heterocycles. The number of H-pyrrole nitrogens is 1. The van der Waals surface area contributed by atoms with E-state index in [4.69, 9.17) is 11.6 Å². The van der Waals surface area contributed by atoms with Crippen molar-refractivity contribution in [2.75, 3.05) is 18.0 Å². The number of aromatic amines is 1. The van der Waals surface area contributed by atoms with Crippen molar-refractivity contribution in [1.82, 2.24) is 9.97 Å². The van der Waals surface area contributed by atoms with Gasteiger partial charge < -0.3 is 9.88 Å². The molecule has 1 heterocycles. The van der Waals surface area contributed by atoms with Crippen molar-refractivity contribution in [3.8, 4) is 11.4 Å². The lowest BCUT2D eigenvalue weighted by Crippen LogP contribution is -2.23. The number of hydrogen-bond acceptors (Lipinski definition) is 2. The van der Waals surface area contributed by atoms with Crippen LogP contribution in [0.4, 0.5) is 5.69 Å². The minimum absolute atomic E-state index is 0.718. The Balaban J connectivity index is 2.05. The van der Waals surface area contributed by atoms with Crippen LogP contribution in [0.3, 0.4) is 0 Å². The van der Waals surface area contributed by atoms with Crippen molar-refractivity contribution < 1.29 is 0 Å². The summed E-state index contributed by atoms with van der Waals surface area (Å²) in [6, 6.07) is 14.2. The highest BCUT2D eigenvalue weighted by Gasteiger charge is 2.12. The number of nitrogens with zero attached hydrogens (tertiary/aromatic N) is 2. The highest BCUT2D eigenvalue weighted by molar-refractivity contribution is 6.33. The van der Waals surface area contributed by atoms with Gasteiger partial charge in [0.2, 0.25) is 0 Å². The molecule has 0 spiro atoms. The van der Waals surface area contributed by atoms with E-state index in [0.29, 0.717) is 0 Å². The van der Waals surface area contributed by atoms with Crippen LogP contribution in [0.1, 0.15) is 20.3 Å². The fourth-order valence-corrected chi connectivity index (χ4v) is 2.92. The smallest absolute Gasteiger partial charge is 0.140 e. The van der Waals surface area contributed by atoms with E-state index in [1.807, 2.05) is 30.3 Å². The molecule has 0 fully saturated rings. The zero-order valence-corrected chi connectivity index (χ0v) is 13.7. The molecule has 0 radical (unpaired) electrons. The zero-order chi connectivity index (χ0) is 15.5. The Morgan fingerprint density at radius 3 is 2.68 bits per heavy atom. The number of anilines is 1. The molecule has 0 aliphatic carbocycles. The van der Waals surface area contributed by atoms with Crippen LogP contribution >= 0.6 is 11.6 Å². The van der Waals surface area contributed by atoms with Crippen LogP contribution in [0.15, 0.2) is 42.5 Å². The summed E-state index contributed by atoms with van der Waals surface area (Å²) in [5.74, 6) is 0.820. The van der Waals surface area contributed by atoms with Crippen LogP contribution in [-0.2, 0) is 0 Å². The molecule has 114 valence electrons. The topological polar surface area (TPSA) is 31.9 Å². The summed E-state index contributed by atoms with van der Waals surface area (Å²) >= 11 is 6.40. The molecule has 3 rings (SSSR count). The van der Waals surface area contributed by atoms with Crippen LogP contribution in [0.5, 0.6) is 0 Å². The van der Waals surface area contributed by atoms with E-state index >= 15 is 0 Å². The monoisotopic (exact) mass is 313 g/mol. The number of imidazole rings is 1. The Bertz CT molecular complexity index is 746. The van der Waals surface area contributed by atoms with Crippen LogP contribution < -0.4 is 4.90 Å². The van der Waals surface area contributed by atoms with Crippen molar-refractivity contribution in [2.24, 2.45) is 0 Å². The zero-order valence-electron chi connectivity index (χ0n) is 12.9. The van der Waals surface area contributed by atoms with Gasteiger partial charge in [-0.3, -0.25) is 0 Å². The molecule has 3 aromatic rings. The molecular weight excluding hydrogens is 294 g/mol. The van der Waals surface area contributed by atoms with E-state index in [9.17, 15) is 0 Å². The molecule has 0 aliphatic heterocycles. The number of hydrogen-bond donors (Lipinski definition) is 1. The van der Waals surface area contributed by atoms with Crippen LogP contribution in [0.2, 0.25) is 5.02 Å². The van der Waals surface area contributed by atoms with Gasteiger partial charge in [0.15, 0.2) is 0 Å². The van der Waals surface area contributed by atoms with Crippen molar-refractivity contribution >= 4 is 28.3 Å². The molecule has 2 aromatic carbocycles. The fraction of sp³-hybridized carbons (Fsp3) is 0.278. The average molecular weight is 314 g/mol. The van der Waals surface area contributed by atoms with E-state index < -0.39 is 0 Å². The highest BCUT2D eigenvalue weighted by Crippen LogP contribution is 2.31. The lowest BCUT2D eigenvalue weighted by atomic mass is 10.1. The van der Waals surface area contributed by atoms with Crippen LogP contribution in [0, 0.1) is 0 Å². The van der Waals surface area contributed by atoms with Crippen LogP contribution in [0.25, 0.3) is 22.4 Å². The first-order valence-electron chi connectivity index (χ1n) is 7.72. The molecule has 1 N–H and O–H groups in total. The number of para-hydroxylation sites is 2. The molecule has 22 heavy (non-hydrogen) atoms. The molecule has 1 aromatic heterocycles. The Morgan fingerprint density at radius 1 is 1.14 bits per heavy atom. The first-order chi connectivity index (χ1) is 10.7. The van der Waals surface area contributed by atoms with Gasteiger partial charge in [0.05, 0.1) is 16.1 Å². The molecule has 0 saturated carbocycles. The molecule has 0 amide bonds. The van der Waals surface area contributed by atoms with Crippen molar-refractivity contribution in [3.05, 3.63) is 47.5 Å². The Labute approximate surface area is 135 Å². The van der Waals surface area contributed by atoms with E-state index in [2.05, 4.69) is 40.8 Å². The minimum Gasteiger partial charge on any atom is -0.372 e. The molecule has 3 nitrogen and oxygen atoms in total. The first kappa shape index (κ1) is 14.9. The van der Waals surface area contributed by atoms with Gasteiger partial charge in [0, 0.05) is 24.3 Å². The quantitative estimate of drug-likeness (QED) is 0.709. The van der Waals surface area contributed by atoms with Crippen molar-refractivity contribution in [3.63, 3.8) is 0 Å². The standard InChI is InChI=1S/C18H20ClN3/c1-3-11-22(4-2)13-9-10-15(19)14(12-13)18-20-16-7-5-6-8-17(16)21-18/h5-10,12H,3-4,11H2,1-2H3,(H,20,21). The maximum Gasteiger partial charge on any atom is 0.140 e. The minimum atomic E-state index is 0.718. The predicted octanol–water partition coefficient (Wildman–Crippen LogP) is 5.12. The molecule has 0 aliphatic rings. The first-order valence-corrected chi connectivity index (χ1v) is 8.10. The van der Waals surface area contributed by atoms with Crippen molar-refractivity contribution in [1.29, 1.82) is 0 Å². The fourth-order valence-electron chi connectivity index (χ4n) is 2.71. The van der Waals surface area contributed by atoms with Gasteiger partial charge in [0.25, 0.3) is 0 Å². The highest BCUT2D eigenvalue weighted by atomic mass is 35.5. The summed E-state index contributed by atoms with van der Waals surface area (Å²) in [5.41, 5.74) is 4.12. The van der Waals surface area contributed by atoms with Gasteiger partial charge in [-0.2, -0.15) is 0 Å². The third-order valence-electron chi connectivity index (χ3n) is 3.83. The predicted molar refractivity (Wildman–Crippen MR) is 94.7 cm³/mol. The van der Waals surface area contributed by atoms with Gasteiger partial charge in [0.1, 0.15) is 5.82 Å². The summed E-state index contributed by atoms with van der Waals surface area (Å²) in [6.45, 7) is 6.39. The summed E-state index contributed by atoms with van der Waals surface area (Å²) in [7, 11) is 0. The Hall–Kier alpha value is -2.00. The number of benzene rings is 2. The second kappa shape index (κ2) is 6.41. The molecule has 4 heteroatoms. The van der Waals surface area contributed by atoms with E-state index in [1.54, 1.807) is 0 Å². The van der Waals surface area contributed by atoms with E-state index in [0.717, 1.165) is 47.0 Å². The summed E-state index contributed by atoms with van der Waals surface area (Å²) in [6.07, 6.45) is 1.12. The maximum atomic E-state index is 6.40. The third kappa shape index (κ3) is 2.81. The van der Waals surface area contributed by atoms with Gasteiger partial charge >= 0.3 is 0 Å². The number of fused-ring (bicyclic) bond motifs is 1. The number of aromatic nitrogens is 2. The molecule has 0 unspecified atom stereocenters. The van der Waals surface area contributed by atoms with Crippen molar-refractivity contribution in [2.45, 2.75) is 20.3 Å². The number of rotatable bonds is 5. The summed E-state index contributed by atoms with van der Waals surface area (Å²) in [4.78, 5) is 10.4.